The average molecular weight is 275 g/mol. The summed E-state index contributed by atoms with van der Waals surface area (Å²) in [5, 5.41) is 7.74. The first-order chi connectivity index (χ1) is 9.31. The van der Waals surface area contributed by atoms with E-state index in [9.17, 15) is 0 Å². The molecule has 0 aliphatic heterocycles. The number of hydrogen-bond donors (Lipinski definition) is 1. The first-order valence-corrected chi connectivity index (χ1v) is 7.64. The van der Waals surface area contributed by atoms with E-state index in [0.29, 0.717) is 6.04 Å². The lowest BCUT2D eigenvalue weighted by Crippen LogP contribution is -2.22. The van der Waals surface area contributed by atoms with Gasteiger partial charge in [-0.15, -0.1) is 5.10 Å². The molecule has 0 bridgehead atoms. The van der Waals surface area contributed by atoms with Crippen molar-refractivity contribution in [1.82, 2.24) is 14.9 Å². The third kappa shape index (κ3) is 4.11. The van der Waals surface area contributed by atoms with Crippen LogP contribution in [0, 0.1) is 6.92 Å². The molecule has 19 heavy (non-hydrogen) atoms. The van der Waals surface area contributed by atoms with Gasteiger partial charge in [-0.3, -0.25) is 0 Å². The maximum absolute atomic E-state index is 4.13. The second kappa shape index (κ2) is 7.36. The van der Waals surface area contributed by atoms with Gasteiger partial charge in [0.15, 0.2) is 0 Å². The predicted molar refractivity (Wildman–Crippen MR) is 80.4 cm³/mol. The maximum Gasteiger partial charge on any atom is 0.0772 e. The zero-order valence-electron chi connectivity index (χ0n) is 11.6. The molecule has 1 aromatic carbocycles. The summed E-state index contributed by atoms with van der Waals surface area (Å²) in [6, 6.07) is 11.0. The quantitative estimate of drug-likeness (QED) is 0.840. The summed E-state index contributed by atoms with van der Waals surface area (Å²) < 4.78 is 4.06. The van der Waals surface area contributed by atoms with Gasteiger partial charge in [-0.05, 0) is 49.8 Å². The molecule has 1 aromatic heterocycles. The molecule has 4 heteroatoms. The summed E-state index contributed by atoms with van der Waals surface area (Å²) in [7, 11) is 0. The Morgan fingerprint density at radius 3 is 2.68 bits per heavy atom. The normalized spacial score (nSPS) is 12.5. The maximum atomic E-state index is 4.13. The lowest BCUT2D eigenvalue weighted by atomic mass is 10.0. The van der Waals surface area contributed by atoms with Crippen LogP contribution in [0.3, 0.4) is 0 Å². The van der Waals surface area contributed by atoms with Gasteiger partial charge in [0.1, 0.15) is 0 Å². The molecule has 3 nitrogen and oxygen atoms in total. The number of nitrogens with zero attached hydrogens (tertiary/aromatic N) is 2. The van der Waals surface area contributed by atoms with E-state index in [-0.39, 0.29) is 0 Å². The molecule has 0 fully saturated rings. The lowest BCUT2D eigenvalue weighted by molar-refractivity contribution is 0.503. The Hall–Kier alpha value is -1.26. The molecule has 2 rings (SSSR count). The van der Waals surface area contributed by atoms with E-state index in [1.165, 1.54) is 22.0 Å². The van der Waals surface area contributed by atoms with E-state index in [2.05, 4.69) is 52.2 Å². The number of benzene rings is 1. The highest BCUT2D eigenvalue weighted by atomic mass is 32.1. The predicted octanol–water partition coefficient (Wildman–Crippen LogP) is 3.52. The fraction of sp³-hybridized carbons (Fsp3) is 0.467. The van der Waals surface area contributed by atoms with E-state index < -0.39 is 0 Å². The molecule has 0 saturated heterocycles. The monoisotopic (exact) mass is 275 g/mol. The molecule has 0 radical (unpaired) electrons. The number of nitrogens with one attached hydrogen (secondary N) is 1. The summed E-state index contributed by atoms with van der Waals surface area (Å²) in [5.74, 6) is 0. The van der Waals surface area contributed by atoms with Gasteiger partial charge in [0, 0.05) is 6.04 Å². The van der Waals surface area contributed by atoms with Crippen molar-refractivity contribution in [2.75, 3.05) is 6.54 Å². The molecule has 1 atom stereocenters. The molecule has 0 spiro atoms. The number of aromatic nitrogens is 2. The molecule has 0 amide bonds. The molecule has 0 aliphatic rings. The van der Waals surface area contributed by atoms with E-state index in [0.717, 1.165) is 31.5 Å². The van der Waals surface area contributed by atoms with Crippen molar-refractivity contribution in [2.24, 2.45) is 0 Å². The van der Waals surface area contributed by atoms with Gasteiger partial charge in [-0.25, -0.2) is 0 Å². The van der Waals surface area contributed by atoms with Crippen LogP contribution in [0.15, 0.2) is 30.3 Å². The number of rotatable bonds is 7. The minimum Gasteiger partial charge on any atom is -0.309 e. The first kappa shape index (κ1) is 14.2. The van der Waals surface area contributed by atoms with Crippen molar-refractivity contribution in [3.8, 4) is 0 Å². The van der Waals surface area contributed by atoms with Crippen molar-refractivity contribution < 1.29 is 0 Å². The summed E-state index contributed by atoms with van der Waals surface area (Å²) in [5.41, 5.74) is 2.45. The van der Waals surface area contributed by atoms with Crippen LogP contribution in [0.2, 0.25) is 0 Å². The molecular weight excluding hydrogens is 254 g/mol. The molecule has 0 saturated carbocycles. The standard InChI is InChI=1S/C15H21N3S/c1-3-11-16-14(15-12(2)17-18-19-15)10-9-13-7-5-4-6-8-13/h4-8,14,16H,3,9-11H2,1-2H3. The molecule has 1 heterocycles. The van der Waals surface area contributed by atoms with Gasteiger partial charge < -0.3 is 5.32 Å². The second-order valence-corrected chi connectivity index (χ2v) is 5.54. The van der Waals surface area contributed by atoms with E-state index in [1.54, 1.807) is 0 Å². The fourth-order valence-electron chi connectivity index (χ4n) is 2.16. The van der Waals surface area contributed by atoms with Crippen LogP contribution >= 0.6 is 11.5 Å². The van der Waals surface area contributed by atoms with Gasteiger partial charge in [0.25, 0.3) is 0 Å². The summed E-state index contributed by atoms with van der Waals surface area (Å²) >= 11 is 1.52. The van der Waals surface area contributed by atoms with Crippen molar-refractivity contribution in [3.05, 3.63) is 46.5 Å². The zero-order valence-corrected chi connectivity index (χ0v) is 12.4. The van der Waals surface area contributed by atoms with Crippen molar-refractivity contribution in [3.63, 3.8) is 0 Å². The second-order valence-electron chi connectivity index (χ2n) is 4.75. The van der Waals surface area contributed by atoms with Crippen LogP contribution < -0.4 is 5.32 Å². The van der Waals surface area contributed by atoms with Crippen LogP contribution in [0.4, 0.5) is 0 Å². The van der Waals surface area contributed by atoms with Gasteiger partial charge in [0.05, 0.1) is 10.6 Å². The summed E-state index contributed by atoms with van der Waals surface area (Å²) in [6.45, 7) is 5.28. The van der Waals surface area contributed by atoms with Gasteiger partial charge in [0.2, 0.25) is 0 Å². The number of aryl methyl sites for hydroxylation is 2. The van der Waals surface area contributed by atoms with Crippen LogP contribution in [-0.2, 0) is 6.42 Å². The van der Waals surface area contributed by atoms with Gasteiger partial charge in [-0.2, -0.15) is 0 Å². The highest BCUT2D eigenvalue weighted by Gasteiger charge is 2.16. The minimum atomic E-state index is 0.375. The SMILES string of the molecule is CCCNC(CCc1ccccc1)c1snnc1C. The van der Waals surface area contributed by atoms with Crippen molar-refractivity contribution >= 4 is 11.5 Å². The van der Waals surface area contributed by atoms with Crippen LogP contribution in [0.5, 0.6) is 0 Å². The Morgan fingerprint density at radius 2 is 2.05 bits per heavy atom. The molecular formula is C15H21N3S. The van der Waals surface area contributed by atoms with Crippen molar-refractivity contribution in [1.29, 1.82) is 0 Å². The Kier molecular flexibility index (Phi) is 5.48. The molecule has 102 valence electrons. The largest absolute Gasteiger partial charge is 0.309 e. The van der Waals surface area contributed by atoms with E-state index in [4.69, 9.17) is 0 Å². The van der Waals surface area contributed by atoms with E-state index in [1.807, 2.05) is 6.92 Å². The molecule has 0 aliphatic carbocycles. The molecule has 2 aromatic rings. The zero-order chi connectivity index (χ0) is 13.5. The Bertz CT molecular complexity index is 481. The molecule has 1 unspecified atom stereocenters. The topological polar surface area (TPSA) is 37.8 Å². The van der Waals surface area contributed by atoms with Crippen LogP contribution in [0.1, 0.15) is 41.9 Å². The smallest absolute Gasteiger partial charge is 0.0772 e. The first-order valence-electron chi connectivity index (χ1n) is 6.87. The molecule has 1 N–H and O–H groups in total. The Labute approximate surface area is 119 Å². The fourth-order valence-corrected chi connectivity index (χ4v) is 2.91. The summed E-state index contributed by atoms with van der Waals surface area (Å²) in [6.07, 6.45) is 3.32. The lowest BCUT2D eigenvalue weighted by Gasteiger charge is -2.17. The van der Waals surface area contributed by atoms with Crippen molar-refractivity contribution in [2.45, 2.75) is 39.2 Å². The van der Waals surface area contributed by atoms with Gasteiger partial charge in [-0.1, -0.05) is 41.7 Å². The van der Waals surface area contributed by atoms with Crippen LogP contribution in [-0.4, -0.2) is 16.1 Å². The average Bonchev–Trinajstić information content (AvgIpc) is 2.86. The minimum absolute atomic E-state index is 0.375. The Morgan fingerprint density at radius 1 is 1.26 bits per heavy atom. The third-order valence-electron chi connectivity index (χ3n) is 3.21. The summed E-state index contributed by atoms with van der Waals surface area (Å²) in [4.78, 5) is 1.28. The number of hydrogen-bond acceptors (Lipinski definition) is 4. The van der Waals surface area contributed by atoms with Crippen LogP contribution in [0.25, 0.3) is 0 Å². The third-order valence-corrected chi connectivity index (χ3v) is 4.15. The highest BCUT2D eigenvalue weighted by molar-refractivity contribution is 7.05. The highest BCUT2D eigenvalue weighted by Crippen LogP contribution is 2.24. The Balaban J connectivity index is 2.00. The van der Waals surface area contributed by atoms with Gasteiger partial charge >= 0.3 is 0 Å². The van der Waals surface area contributed by atoms with E-state index >= 15 is 0 Å².